The van der Waals surface area contributed by atoms with E-state index in [0.29, 0.717) is 6.04 Å². The van der Waals surface area contributed by atoms with E-state index in [-0.39, 0.29) is 0 Å². The van der Waals surface area contributed by atoms with E-state index in [0.717, 1.165) is 24.1 Å². The van der Waals surface area contributed by atoms with Gasteiger partial charge >= 0.3 is 0 Å². The van der Waals surface area contributed by atoms with Crippen molar-refractivity contribution in [3.63, 3.8) is 0 Å². The molecule has 0 spiro atoms. The van der Waals surface area contributed by atoms with Gasteiger partial charge in [-0.15, -0.1) is 0 Å². The van der Waals surface area contributed by atoms with Gasteiger partial charge in [0.25, 0.3) is 0 Å². The van der Waals surface area contributed by atoms with Crippen LogP contribution in [0.3, 0.4) is 0 Å². The van der Waals surface area contributed by atoms with Gasteiger partial charge in [0, 0.05) is 32.0 Å². The van der Waals surface area contributed by atoms with E-state index in [4.69, 9.17) is 0 Å². The van der Waals surface area contributed by atoms with Crippen molar-refractivity contribution in [3.05, 3.63) is 48.3 Å². The summed E-state index contributed by atoms with van der Waals surface area (Å²) in [6, 6.07) is 10.9. The average Bonchev–Trinajstić information content (AvgIpc) is 2.99. The molecule has 2 aromatic rings. The van der Waals surface area contributed by atoms with E-state index in [9.17, 15) is 0 Å². The van der Waals surface area contributed by atoms with Crippen LogP contribution < -0.4 is 10.6 Å². The summed E-state index contributed by atoms with van der Waals surface area (Å²) < 4.78 is 1.85. The second kappa shape index (κ2) is 5.99. The fraction of sp³-hybridized carbons (Fsp3) is 0.375. The summed E-state index contributed by atoms with van der Waals surface area (Å²) in [7, 11) is 1.81. The summed E-state index contributed by atoms with van der Waals surface area (Å²) in [6.45, 7) is 3.01. The third-order valence-electron chi connectivity index (χ3n) is 3.82. The van der Waals surface area contributed by atoms with Gasteiger partial charge in [0.1, 0.15) is 0 Å². The summed E-state index contributed by atoms with van der Waals surface area (Å²) in [4.78, 5) is 4.26. The summed E-state index contributed by atoms with van der Waals surface area (Å²) in [6.07, 6.45) is 4.96. The molecule has 1 saturated carbocycles. The molecule has 1 heterocycles. The molecule has 0 aliphatic heterocycles. The molecule has 0 saturated heterocycles. The predicted octanol–water partition coefficient (Wildman–Crippen LogP) is 1.95. The first-order valence-corrected chi connectivity index (χ1v) is 7.32. The number of nitrogens with one attached hydrogen (secondary N) is 2. The van der Waals surface area contributed by atoms with E-state index in [2.05, 4.69) is 51.9 Å². The lowest BCUT2D eigenvalue weighted by Gasteiger charge is -2.12. The molecular weight excluding hydrogens is 262 g/mol. The fourth-order valence-electron chi connectivity index (χ4n) is 2.27. The average molecular weight is 283 g/mol. The quantitative estimate of drug-likeness (QED) is 0.666. The van der Waals surface area contributed by atoms with Crippen molar-refractivity contribution in [2.45, 2.75) is 25.9 Å². The maximum Gasteiger partial charge on any atom is 0.191 e. The highest BCUT2D eigenvalue weighted by Gasteiger charge is 2.33. The van der Waals surface area contributed by atoms with Crippen LogP contribution in [0.5, 0.6) is 0 Å². The Kier molecular flexibility index (Phi) is 3.90. The van der Waals surface area contributed by atoms with Crippen molar-refractivity contribution < 1.29 is 0 Å². The number of guanidine groups is 1. The van der Waals surface area contributed by atoms with Crippen LogP contribution in [0.15, 0.2) is 47.7 Å². The number of benzene rings is 1. The van der Waals surface area contributed by atoms with Gasteiger partial charge in [-0.2, -0.15) is 5.10 Å². The Morgan fingerprint density at radius 2 is 2.14 bits per heavy atom. The van der Waals surface area contributed by atoms with Crippen LogP contribution in [0.2, 0.25) is 0 Å². The standard InChI is InChI=1S/C16H21N5/c1-12-10-15(12)20-16(17-2)18-11-13-4-6-14(7-5-13)21-9-3-8-19-21/h3-9,12,15H,10-11H2,1-2H3,(H2,17,18,20). The second-order valence-corrected chi connectivity index (χ2v) is 5.51. The van der Waals surface area contributed by atoms with E-state index < -0.39 is 0 Å². The molecule has 2 atom stereocenters. The fourth-order valence-corrected chi connectivity index (χ4v) is 2.27. The minimum Gasteiger partial charge on any atom is -0.353 e. The maximum atomic E-state index is 4.26. The van der Waals surface area contributed by atoms with Crippen LogP contribution in [0.25, 0.3) is 5.69 Å². The Labute approximate surface area is 125 Å². The van der Waals surface area contributed by atoms with E-state index in [1.807, 2.05) is 24.0 Å². The van der Waals surface area contributed by atoms with Gasteiger partial charge in [-0.1, -0.05) is 19.1 Å². The van der Waals surface area contributed by atoms with Crippen LogP contribution in [0.1, 0.15) is 18.9 Å². The number of nitrogens with zero attached hydrogens (tertiary/aromatic N) is 3. The largest absolute Gasteiger partial charge is 0.353 e. The van der Waals surface area contributed by atoms with Crippen molar-refractivity contribution in [2.75, 3.05) is 7.05 Å². The zero-order chi connectivity index (χ0) is 14.7. The molecule has 3 rings (SSSR count). The number of hydrogen-bond acceptors (Lipinski definition) is 2. The number of aromatic nitrogens is 2. The first-order valence-electron chi connectivity index (χ1n) is 7.32. The third-order valence-corrected chi connectivity index (χ3v) is 3.82. The SMILES string of the molecule is CN=C(NCc1ccc(-n2cccn2)cc1)NC1CC1C. The molecule has 5 heteroatoms. The monoisotopic (exact) mass is 283 g/mol. The highest BCUT2D eigenvalue weighted by Crippen LogP contribution is 2.28. The van der Waals surface area contributed by atoms with E-state index in [1.165, 1.54) is 12.0 Å². The van der Waals surface area contributed by atoms with Gasteiger partial charge in [0.15, 0.2) is 5.96 Å². The summed E-state index contributed by atoms with van der Waals surface area (Å²) in [5.74, 6) is 1.64. The van der Waals surface area contributed by atoms with E-state index >= 15 is 0 Å². The highest BCUT2D eigenvalue weighted by molar-refractivity contribution is 5.80. The molecule has 21 heavy (non-hydrogen) atoms. The van der Waals surface area contributed by atoms with Crippen molar-refractivity contribution in [2.24, 2.45) is 10.9 Å². The number of hydrogen-bond donors (Lipinski definition) is 2. The minimum absolute atomic E-state index is 0.582. The molecule has 2 unspecified atom stereocenters. The summed E-state index contributed by atoms with van der Waals surface area (Å²) in [5, 5.41) is 11.0. The molecule has 0 radical (unpaired) electrons. The zero-order valence-electron chi connectivity index (χ0n) is 12.5. The van der Waals surface area contributed by atoms with Crippen molar-refractivity contribution in [1.82, 2.24) is 20.4 Å². The lowest BCUT2D eigenvalue weighted by atomic mass is 10.2. The molecule has 1 aromatic carbocycles. The van der Waals surface area contributed by atoms with Gasteiger partial charge < -0.3 is 10.6 Å². The molecule has 1 aliphatic rings. The third kappa shape index (κ3) is 3.42. The summed E-state index contributed by atoms with van der Waals surface area (Å²) in [5.41, 5.74) is 2.29. The van der Waals surface area contributed by atoms with Crippen LogP contribution in [0, 0.1) is 5.92 Å². The van der Waals surface area contributed by atoms with E-state index in [1.54, 1.807) is 6.20 Å². The highest BCUT2D eigenvalue weighted by atomic mass is 15.3. The Hall–Kier alpha value is -2.30. The predicted molar refractivity (Wildman–Crippen MR) is 84.5 cm³/mol. The van der Waals surface area contributed by atoms with Crippen molar-refractivity contribution in [3.8, 4) is 5.69 Å². The molecular formula is C16H21N5. The Morgan fingerprint density at radius 1 is 1.38 bits per heavy atom. The normalized spacial score (nSPS) is 21.1. The smallest absolute Gasteiger partial charge is 0.191 e. The van der Waals surface area contributed by atoms with Gasteiger partial charge in [0.05, 0.1) is 5.69 Å². The van der Waals surface area contributed by atoms with Crippen LogP contribution in [0.4, 0.5) is 0 Å². The molecule has 0 amide bonds. The molecule has 5 nitrogen and oxygen atoms in total. The van der Waals surface area contributed by atoms with Gasteiger partial charge in [0.2, 0.25) is 0 Å². The molecule has 0 bridgehead atoms. The lowest BCUT2D eigenvalue weighted by molar-refractivity contribution is 0.763. The van der Waals surface area contributed by atoms with Gasteiger partial charge in [-0.05, 0) is 36.1 Å². The van der Waals surface area contributed by atoms with Gasteiger partial charge in [-0.25, -0.2) is 4.68 Å². The van der Waals surface area contributed by atoms with Crippen LogP contribution in [-0.2, 0) is 6.54 Å². The molecule has 1 aromatic heterocycles. The topological polar surface area (TPSA) is 54.2 Å². The Morgan fingerprint density at radius 3 is 2.71 bits per heavy atom. The lowest BCUT2D eigenvalue weighted by Crippen LogP contribution is -2.38. The minimum atomic E-state index is 0.582. The Balaban J connectivity index is 1.55. The molecule has 110 valence electrons. The Bertz CT molecular complexity index is 600. The molecule has 2 N–H and O–H groups in total. The maximum absolute atomic E-state index is 4.26. The van der Waals surface area contributed by atoms with Gasteiger partial charge in [-0.3, -0.25) is 4.99 Å². The molecule has 1 fully saturated rings. The second-order valence-electron chi connectivity index (χ2n) is 5.51. The first kappa shape index (κ1) is 13.7. The molecule has 1 aliphatic carbocycles. The van der Waals surface area contributed by atoms with Crippen molar-refractivity contribution >= 4 is 5.96 Å². The zero-order valence-corrected chi connectivity index (χ0v) is 12.5. The number of aliphatic imine (C=N–C) groups is 1. The van der Waals surface area contributed by atoms with Crippen LogP contribution >= 0.6 is 0 Å². The van der Waals surface area contributed by atoms with Crippen LogP contribution in [-0.4, -0.2) is 28.8 Å². The number of rotatable bonds is 4. The summed E-state index contributed by atoms with van der Waals surface area (Å²) >= 11 is 0. The van der Waals surface area contributed by atoms with Crippen molar-refractivity contribution in [1.29, 1.82) is 0 Å². The first-order chi connectivity index (χ1) is 10.3.